The van der Waals surface area contributed by atoms with Gasteiger partial charge >= 0.3 is 0 Å². The first-order valence-electron chi connectivity index (χ1n) is 9.99. The number of ether oxygens (including phenoxy) is 2. The van der Waals surface area contributed by atoms with Gasteiger partial charge in [-0.15, -0.1) is 11.3 Å². The third-order valence-corrected chi connectivity index (χ3v) is 5.06. The molecule has 0 spiro atoms. The largest absolute Gasteiger partial charge is 0.490 e. The van der Waals surface area contributed by atoms with Crippen LogP contribution < -0.4 is 14.8 Å². The summed E-state index contributed by atoms with van der Waals surface area (Å²) in [6.07, 6.45) is 1.91. The van der Waals surface area contributed by atoms with Crippen LogP contribution in [0.25, 0.3) is 10.6 Å². The van der Waals surface area contributed by atoms with E-state index in [4.69, 9.17) is 9.47 Å². The van der Waals surface area contributed by atoms with E-state index in [9.17, 15) is 9.18 Å². The van der Waals surface area contributed by atoms with Crippen LogP contribution in [0.15, 0.2) is 47.8 Å². The summed E-state index contributed by atoms with van der Waals surface area (Å²) in [5.74, 6) is 0.789. The van der Waals surface area contributed by atoms with Crippen molar-refractivity contribution in [3.05, 3.63) is 59.4 Å². The summed E-state index contributed by atoms with van der Waals surface area (Å²) in [4.78, 5) is 16.9. The Morgan fingerprint density at radius 1 is 1.07 bits per heavy atom. The lowest BCUT2D eigenvalue weighted by atomic mass is 10.2. The highest BCUT2D eigenvalue weighted by Gasteiger charge is 2.12. The van der Waals surface area contributed by atoms with Gasteiger partial charge in [0, 0.05) is 22.7 Å². The van der Waals surface area contributed by atoms with Crippen LogP contribution in [0.4, 0.5) is 10.1 Å². The number of anilines is 1. The zero-order valence-corrected chi connectivity index (χ0v) is 17.9. The molecule has 3 rings (SSSR count). The quantitative estimate of drug-likeness (QED) is 0.449. The normalized spacial score (nSPS) is 10.6. The van der Waals surface area contributed by atoms with Gasteiger partial charge in [0.15, 0.2) is 11.5 Å². The average Bonchev–Trinajstić information content (AvgIpc) is 3.20. The van der Waals surface area contributed by atoms with Gasteiger partial charge in [0.1, 0.15) is 10.8 Å². The molecule has 5 nitrogen and oxygen atoms in total. The Morgan fingerprint density at radius 3 is 2.57 bits per heavy atom. The maximum absolute atomic E-state index is 13.4. The Kier molecular flexibility index (Phi) is 7.79. The molecule has 158 valence electrons. The summed E-state index contributed by atoms with van der Waals surface area (Å²) in [7, 11) is 0. The second-order valence-corrected chi connectivity index (χ2v) is 7.60. The van der Waals surface area contributed by atoms with Gasteiger partial charge in [-0.2, -0.15) is 0 Å². The molecule has 0 unspecified atom stereocenters. The number of hydrogen-bond donors (Lipinski definition) is 1. The molecule has 0 aliphatic carbocycles. The summed E-state index contributed by atoms with van der Waals surface area (Å²) < 4.78 is 24.9. The van der Waals surface area contributed by atoms with Crippen LogP contribution in [0.1, 0.15) is 32.4 Å². The molecule has 3 aromatic rings. The number of aromatic nitrogens is 1. The van der Waals surface area contributed by atoms with E-state index in [2.05, 4.69) is 10.3 Å². The fourth-order valence-corrected chi connectivity index (χ4v) is 3.57. The second-order valence-electron chi connectivity index (χ2n) is 6.74. The summed E-state index contributed by atoms with van der Waals surface area (Å²) in [5, 5.41) is 5.38. The molecule has 0 fully saturated rings. The number of rotatable bonds is 10. The minimum absolute atomic E-state index is 0.130. The number of thiazole rings is 1. The zero-order valence-electron chi connectivity index (χ0n) is 17.1. The number of halogens is 1. The fourth-order valence-electron chi connectivity index (χ4n) is 2.75. The highest BCUT2D eigenvalue weighted by atomic mass is 32.1. The molecule has 1 amide bonds. The van der Waals surface area contributed by atoms with Crippen molar-refractivity contribution in [2.75, 3.05) is 18.5 Å². The topological polar surface area (TPSA) is 60.5 Å². The lowest BCUT2D eigenvalue weighted by molar-refractivity contribution is -0.115. The number of carbonyl (C=O) groups excluding carboxylic acids is 1. The first kappa shape index (κ1) is 21.8. The smallest absolute Gasteiger partial charge is 0.230 e. The monoisotopic (exact) mass is 428 g/mol. The van der Waals surface area contributed by atoms with E-state index in [1.165, 1.54) is 23.5 Å². The Bertz CT molecular complexity index is 990. The van der Waals surface area contributed by atoms with Crippen molar-refractivity contribution in [2.45, 2.75) is 33.1 Å². The first-order valence-corrected chi connectivity index (χ1v) is 10.9. The van der Waals surface area contributed by atoms with Crippen LogP contribution in [0.5, 0.6) is 11.5 Å². The molecule has 1 N–H and O–H groups in total. The van der Waals surface area contributed by atoms with Crippen molar-refractivity contribution in [1.82, 2.24) is 4.98 Å². The van der Waals surface area contributed by atoms with Gasteiger partial charge in [0.25, 0.3) is 0 Å². The molecular formula is C23H25FN2O3S. The first-order chi connectivity index (χ1) is 14.6. The fraction of sp³-hybridized carbons (Fsp3) is 0.304. The molecule has 30 heavy (non-hydrogen) atoms. The minimum Gasteiger partial charge on any atom is -0.490 e. The molecule has 0 aliphatic rings. The summed E-state index contributed by atoms with van der Waals surface area (Å²) >= 11 is 1.39. The number of hydrogen-bond acceptors (Lipinski definition) is 5. The Labute approximate surface area is 179 Å². The number of nitrogens with zero attached hydrogens (tertiary/aromatic N) is 1. The van der Waals surface area contributed by atoms with Crippen molar-refractivity contribution < 1.29 is 18.7 Å². The molecule has 0 saturated carbocycles. The van der Waals surface area contributed by atoms with Gasteiger partial charge in [0.2, 0.25) is 5.91 Å². The SMILES string of the molecule is CCCOc1ccc(NC(=O)Cc2csc(-c3cccc(F)c3)n2)cc1OCCC. The van der Waals surface area contributed by atoms with E-state index in [-0.39, 0.29) is 18.1 Å². The summed E-state index contributed by atoms with van der Waals surface area (Å²) in [5.41, 5.74) is 1.98. The molecule has 0 saturated heterocycles. The van der Waals surface area contributed by atoms with Crippen molar-refractivity contribution in [2.24, 2.45) is 0 Å². The average molecular weight is 429 g/mol. The Hall–Kier alpha value is -2.93. The standard InChI is InChI=1S/C23H25FN2O3S/c1-3-10-28-20-9-8-18(13-21(20)29-11-4-2)25-22(27)14-19-15-30-23(26-19)16-6-5-7-17(24)12-16/h5-9,12-13,15H,3-4,10-11,14H2,1-2H3,(H,25,27). The van der Waals surface area contributed by atoms with Crippen LogP contribution in [-0.2, 0) is 11.2 Å². The predicted octanol–water partition coefficient (Wildman–Crippen LogP) is 5.71. The molecule has 1 aromatic heterocycles. The van der Waals surface area contributed by atoms with E-state index in [1.807, 2.05) is 19.2 Å². The van der Waals surface area contributed by atoms with Crippen molar-refractivity contribution in [1.29, 1.82) is 0 Å². The molecule has 2 aromatic carbocycles. The van der Waals surface area contributed by atoms with Crippen molar-refractivity contribution in [3.63, 3.8) is 0 Å². The van der Waals surface area contributed by atoms with E-state index in [1.54, 1.807) is 30.3 Å². The lowest BCUT2D eigenvalue weighted by Crippen LogP contribution is -2.14. The zero-order chi connectivity index (χ0) is 21.3. The molecule has 0 bridgehead atoms. The van der Waals surface area contributed by atoms with Gasteiger partial charge in [-0.3, -0.25) is 4.79 Å². The molecule has 1 heterocycles. The Balaban J connectivity index is 1.65. The van der Waals surface area contributed by atoms with Crippen molar-refractivity contribution >= 4 is 22.9 Å². The highest BCUT2D eigenvalue weighted by Crippen LogP contribution is 2.31. The lowest BCUT2D eigenvalue weighted by Gasteiger charge is -2.14. The van der Waals surface area contributed by atoms with E-state index in [0.717, 1.165) is 12.8 Å². The van der Waals surface area contributed by atoms with Gasteiger partial charge in [0.05, 0.1) is 25.3 Å². The minimum atomic E-state index is -0.311. The maximum Gasteiger partial charge on any atom is 0.230 e. The van der Waals surface area contributed by atoms with Crippen LogP contribution >= 0.6 is 11.3 Å². The molecular weight excluding hydrogens is 403 g/mol. The van der Waals surface area contributed by atoms with E-state index < -0.39 is 0 Å². The third kappa shape index (κ3) is 6.03. The number of nitrogens with one attached hydrogen (secondary N) is 1. The van der Waals surface area contributed by atoms with Crippen LogP contribution in [0.2, 0.25) is 0 Å². The van der Waals surface area contributed by atoms with Gasteiger partial charge < -0.3 is 14.8 Å². The predicted molar refractivity (Wildman–Crippen MR) is 118 cm³/mol. The second kappa shape index (κ2) is 10.7. The van der Waals surface area contributed by atoms with E-state index >= 15 is 0 Å². The Morgan fingerprint density at radius 2 is 1.83 bits per heavy atom. The van der Waals surface area contributed by atoms with Crippen LogP contribution in [-0.4, -0.2) is 24.1 Å². The van der Waals surface area contributed by atoms with Gasteiger partial charge in [-0.05, 0) is 37.1 Å². The molecule has 7 heteroatoms. The number of amides is 1. The van der Waals surface area contributed by atoms with Crippen LogP contribution in [0, 0.1) is 5.82 Å². The van der Waals surface area contributed by atoms with E-state index in [0.29, 0.717) is 46.7 Å². The summed E-state index contributed by atoms with van der Waals surface area (Å²) in [6.45, 7) is 5.25. The van der Waals surface area contributed by atoms with Gasteiger partial charge in [-0.1, -0.05) is 26.0 Å². The number of benzene rings is 2. The molecule has 0 radical (unpaired) electrons. The highest BCUT2D eigenvalue weighted by molar-refractivity contribution is 7.13. The summed E-state index contributed by atoms with van der Waals surface area (Å²) in [6, 6.07) is 11.6. The molecule has 0 aliphatic heterocycles. The van der Waals surface area contributed by atoms with Crippen molar-refractivity contribution in [3.8, 4) is 22.1 Å². The number of carbonyl (C=O) groups is 1. The molecule has 0 atom stereocenters. The van der Waals surface area contributed by atoms with Gasteiger partial charge in [-0.25, -0.2) is 9.37 Å². The maximum atomic E-state index is 13.4. The van der Waals surface area contributed by atoms with Crippen LogP contribution in [0.3, 0.4) is 0 Å². The third-order valence-electron chi connectivity index (χ3n) is 4.12.